The molecule has 0 unspecified atom stereocenters. The highest BCUT2D eigenvalue weighted by atomic mass is 28.6. The molecule has 0 aromatic carbocycles. The van der Waals surface area contributed by atoms with Gasteiger partial charge in [-0.3, -0.25) is 0 Å². The van der Waals surface area contributed by atoms with Crippen LogP contribution >= 0.6 is 0 Å². The minimum atomic E-state index is -3.29. The lowest BCUT2D eigenvalue weighted by Crippen LogP contribution is -2.83. The Morgan fingerprint density at radius 2 is 0.389 bits per heavy atom. The fraction of sp³-hybridized carbons (Fsp3) is 0.200. The van der Waals surface area contributed by atoms with Crippen molar-refractivity contribution in [2.75, 3.05) is 0 Å². The van der Waals surface area contributed by atoms with Crippen LogP contribution in [-0.4, -0.2) is 68.5 Å². The lowest BCUT2D eigenvalue weighted by Gasteiger charge is -2.62. The second-order valence-corrected chi connectivity index (χ2v) is 38.1. The summed E-state index contributed by atoms with van der Waals surface area (Å²) in [6.45, 7) is 33.3. The Hall–Kier alpha value is -0.665. The molecular formula is C20H32O8Si8. The quantitative estimate of drug-likeness (QED) is 0.379. The summed E-state index contributed by atoms with van der Waals surface area (Å²) in [5, 5.41) is 0. The molecule has 0 spiro atoms. The molecule has 8 bridgehead atoms. The highest BCUT2D eigenvalue weighted by Gasteiger charge is 2.76. The van der Waals surface area contributed by atoms with Crippen LogP contribution in [0.2, 0.25) is 22.7 Å². The Balaban J connectivity index is 1.93. The van der Waals surface area contributed by atoms with Crippen molar-refractivity contribution in [3.63, 3.8) is 0 Å². The maximum Gasteiger partial charge on any atom is 0.349 e. The first-order valence-corrected chi connectivity index (χ1v) is 28.5. The third-order valence-corrected chi connectivity index (χ3v) is 50.1. The molecule has 192 valence electrons. The van der Waals surface area contributed by atoms with Crippen LogP contribution in [0.1, 0.15) is 0 Å². The molecule has 16 heteroatoms. The smallest absolute Gasteiger partial charge is 0.349 e. The maximum atomic E-state index is 7.13. The average Bonchev–Trinajstić information content (AvgIpc) is 2.82. The lowest BCUT2D eigenvalue weighted by atomic mass is 11.3. The van der Waals surface area contributed by atoms with Crippen molar-refractivity contribution in [1.82, 2.24) is 0 Å². The van der Waals surface area contributed by atoms with E-state index in [9.17, 15) is 0 Å². The van der Waals surface area contributed by atoms with Crippen molar-refractivity contribution in [3.8, 4) is 0 Å². The molecule has 0 aromatic heterocycles. The van der Waals surface area contributed by atoms with E-state index in [0.29, 0.717) is 22.7 Å². The molecule has 0 aliphatic carbocycles. The number of hydrogen-bond donors (Lipinski definition) is 0. The summed E-state index contributed by atoms with van der Waals surface area (Å²) in [6.07, 6.45) is 0. The predicted octanol–water partition coefficient (Wildman–Crippen LogP) is 3.68. The van der Waals surface area contributed by atoms with E-state index in [1.165, 1.54) is 0 Å². The second kappa shape index (κ2) is 8.42. The van der Waals surface area contributed by atoms with Gasteiger partial charge in [-0.05, 0) is 0 Å². The Labute approximate surface area is 221 Å². The third-order valence-electron chi connectivity index (χ3n) is 7.22. The van der Waals surface area contributed by atoms with Gasteiger partial charge in [-0.25, -0.2) is 0 Å². The van der Waals surface area contributed by atoms with Crippen LogP contribution in [0, 0.1) is 0 Å². The van der Waals surface area contributed by atoms with Gasteiger partial charge in [-0.15, -0.1) is 52.6 Å². The van der Waals surface area contributed by atoms with E-state index >= 15 is 0 Å². The molecule has 6 rings (SSSR count). The summed E-state index contributed by atoms with van der Waals surface area (Å²) in [6, 6.07) is 0. The highest BCUT2D eigenvalue weighted by Crippen LogP contribution is 2.53. The van der Waals surface area contributed by atoms with Crippen molar-refractivity contribution >= 4 is 68.5 Å². The van der Waals surface area contributed by atoms with Crippen LogP contribution in [0.25, 0.3) is 0 Å². The summed E-state index contributed by atoms with van der Waals surface area (Å²) < 4.78 is 56.9. The molecular weight excluding hydrogens is 593 g/mol. The van der Waals surface area contributed by atoms with E-state index in [2.05, 4.69) is 52.6 Å². The monoisotopic (exact) mass is 624 g/mol. The van der Waals surface area contributed by atoms with Gasteiger partial charge in [0.2, 0.25) is 0 Å². The van der Waals surface area contributed by atoms with Gasteiger partial charge in [-0.1, -0.05) is 45.6 Å². The normalized spacial score (nSPS) is 52.9. The Bertz CT molecular complexity index is 774. The van der Waals surface area contributed by atoms with Crippen LogP contribution < -0.4 is 0 Å². The van der Waals surface area contributed by atoms with Gasteiger partial charge in [0.1, 0.15) is 0 Å². The Kier molecular flexibility index (Phi) is 6.29. The maximum absolute atomic E-state index is 7.13. The first-order chi connectivity index (χ1) is 17.0. The molecule has 6 saturated heterocycles. The summed E-state index contributed by atoms with van der Waals surface area (Å²) in [5.41, 5.74) is 15.7. The average molecular weight is 625 g/mol. The lowest BCUT2D eigenvalue weighted by molar-refractivity contribution is 0.192. The van der Waals surface area contributed by atoms with Crippen molar-refractivity contribution in [2.45, 2.75) is 22.7 Å². The third kappa shape index (κ3) is 3.83. The van der Waals surface area contributed by atoms with Crippen LogP contribution in [0.4, 0.5) is 0 Å². The fourth-order valence-corrected chi connectivity index (χ4v) is 64.7. The van der Waals surface area contributed by atoms with Gasteiger partial charge < -0.3 is 32.9 Å². The molecule has 6 fully saturated rings. The van der Waals surface area contributed by atoms with E-state index in [0.717, 1.165) is 0 Å². The first-order valence-electron chi connectivity index (χ1n) is 11.7. The summed E-state index contributed by atoms with van der Waals surface area (Å²) in [4.78, 5) is 0. The molecule has 6 aliphatic rings. The summed E-state index contributed by atoms with van der Waals surface area (Å²) in [7, 11) is -26.3. The molecule has 36 heavy (non-hydrogen) atoms. The molecule has 0 radical (unpaired) electrons. The molecule has 0 atom stereocenters. The van der Waals surface area contributed by atoms with E-state index in [1.54, 1.807) is 45.6 Å². The van der Waals surface area contributed by atoms with Gasteiger partial charge in [-0.2, -0.15) is 0 Å². The molecule has 0 aromatic rings. The van der Waals surface area contributed by atoms with Gasteiger partial charge >= 0.3 is 68.5 Å². The predicted molar refractivity (Wildman–Crippen MR) is 156 cm³/mol. The van der Waals surface area contributed by atoms with Crippen molar-refractivity contribution in [3.05, 3.63) is 98.2 Å². The molecule has 8 nitrogen and oxygen atoms in total. The fourth-order valence-electron chi connectivity index (χ4n) is 5.70. The van der Waals surface area contributed by atoms with Crippen LogP contribution in [0.15, 0.2) is 98.2 Å². The number of hydrogen-bond acceptors (Lipinski definition) is 8. The first kappa shape index (κ1) is 26.9. The van der Waals surface area contributed by atoms with Gasteiger partial charge in [0, 0.05) is 22.7 Å². The summed E-state index contributed by atoms with van der Waals surface area (Å²) >= 11 is 0. The standard InChI is InChI=1S/C20H32O8Si8/c1-9-29-17-30(10-2)22-33(13-5)18-31(11-3,21-29)27-34(14-6)19-32(12-4,25-29)23-35(15-7,26-30)20-36(16-8,24-34)28-33/h9-16H,1-8,17-20H2. The van der Waals surface area contributed by atoms with E-state index in [1.807, 2.05) is 0 Å². The summed E-state index contributed by atoms with van der Waals surface area (Å²) in [5.74, 6) is 0. The molecule has 0 N–H and O–H groups in total. The van der Waals surface area contributed by atoms with E-state index in [4.69, 9.17) is 32.9 Å². The zero-order valence-electron chi connectivity index (χ0n) is 20.4. The molecule has 6 aliphatic heterocycles. The molecule has 6 heterocycles. The van der Waals surface area contributed by atoms with Gasteiger partial charge in [0.25, 0.3) is 0 Å². The van der Waals surface area contributed by atoms with Gasteiger partial charge in [0.15, 0.2) is 0 Å². The molecule has 0 amide bonds. The van der Waals surface area contributed by atoms with E-state index in [-0.39, 0.29) is 0 Å². The zero-order chi connectivity index (χ0) is 26.1. The van der Waals surface area contributed by atoms with Crippen LogP contribution in [-0.2, 0) is 32.9 Å². The van der Waals surface area contributed by atoms with Crippen LogP contribution in [0.3, 0.4) is 0 Å². The van der Waals surface area contributed by atoms with Crippen molar-refractivity contribution in [1.29, 1.82) is 0 Å². The van der Waals surface area contributed by atoms with Gasteiger partial charge in [0.05, 0.1) is 0 Å². The van der Waals surface area contributed by atoms with E-state index < -0.39 is 68.5 Å². The van der Waals surface area contributed by atoms with Crippen molar-refractivity contribution < 1.29 is 32.9 Å². The zero-order valence-corrected chi connectivity index (χ0v) is 28.4. The second-order valence-electron chi connectivity index (χ2n) is 9.65. The minimum absolute atomic E-state index is 0.367. The molecule has 0 saturated carbocycles. The topological polar surface area (TPSA) is 73.8 Å². The SMILES string of the molecule is C=C[Si]12C[Si]3(C=C)O[Si]4(C=C)C[Si]5(C=C)O[Si](C=C)(C[Si](C=C)(O1)O4)O[Si](C=C)(C[Si](C=C)(O3)O5)O2. The Morgan fingerprint density at radius 1 is 0.278 bits per heavy atom. The van der Waals surface area contributed by atoms with Crippen LogP contribution in [0.5, 0.6) is 0 Å². The Morgan fingerprint density at radius 3 is 0.472 bits per heavy atom. The number of rotatable bonds is 8. The largest absolute Gasteiger partial charge is 0.409 e. The van der Waals surface area contributed by atoms with Crippen molar-refractivity contribution in [2.24, 2.45) is 0 Å². The minimum Gasteiger partial charge on any atom is -0.409 e. The highest BCUT2D eigenvalue weighted by molar-refractivity contribution is 7.17.